The number of nitrogens with one attached hydrogen (secondary N) is 1. The zero-order chi connectivity index (χ0) is 15.8. The van der Waals surface area contributed by atoms with Crippen LogP contribution >= 0.6 is 12.4 Å². The molecule has 2 saturated heterocycles. The van der Waals surface area contributed by atoms with Gasteiger partial charge in [-0.1, -0.05) is 12.5 Å². The van der Waals surface area contributed by atoms with Gasteiger partial charge in [-0.25, -0.2) is 9.67 Å². The van der Waals surface area contributed by atoms with Gasteiger partial charge in [-0.05, 0) is 38.8 Å². The fourth-order valence-corrected chi connectivity index (χ4v) is 4.06. The van der Waals surface area contributed by atoms with Crippen molar-refractivity contribution in [3.05, 3.63) is 41.3 Å². The lowest BCUT2D eigenvalue weighted by atomic mass is 9.94. The molecule has 4 heterocycles. The highest BCUT2D eigenvalue weighted by Crippen LogP contribution is 2.23. The number of rotatable bonds is 3. The lowest BCUT2D eigenvalue weighted by molar-refractivity contribution is 0.119. The van der Waals surface area contributed by atoms with Gasteiger partial charge < -0.3 is 5.32 Å². The Hall–Kier alpha value is -1.43. The predicted octanol–water partition coefficient (Wildman–Crippen LogP) is 2.63. The summed E-state index contributed by atoms with van der Waals surface area (Å²) in [6, 6.07) is 7.31. The van der Waals surface area contributed by atoms with E-state index in [4.69, 9.17) is 5.10 Å². The van der Waals surface area contributed by atoms with Gasteiger partial charge in [0.2, 0.25) is 0 Å². The highest BCUT2D eigenvalue weighted by molar-refractivity contribution is 5.85. The number of fused-ring (bicyclic) bond motifs is 2. The molecule has 2 aliphatic heterocycles. The van der Waals surface area contributed by atoms with E-state index in [0.717, 1.165) is 31.1 Å². The lowest BCUT2D eigenvalue weighted by Crippen LogP contribution is -2.58. The van der Waals surface area contributed by atoms with Crippen molar-refractivity contribution in [2.75, 3.05) is 13.1 Å². The largest absolute Gasteiger partial charge is 0.309 e. The first-order valence-electron chi connectivity index (χ1n) is 8.65. The monoisotopic (exact) mass is 347 g/mol. The van der Waals surface area contributed by atoms with E-state index in [-0.39, 0.29) is 12.4 Å². The molecular formula is C18H26ClN5. The average Bonchev–Trinajstić information content (AvgIpc) is 2.84. The second-order valence-electron chi connectivity index (χ2n) is 6.93. The molecule has 2 atom stereocenters. The number of aromatic nitrogens is 3. The van der Waals surface area contributed by atoms with Gasteiger partial charge in [0, 0.05) is 49.2 Å². The topological polar surface area (TPSA) is 46.0 Å². The molecule has 2 unspecified atom stereocenters. The minimum Gasteiger partial charge on any atom is -0.309 e. The van der Waals surface area contributed by atoms with Gasteiger partial charge >= 0.3 is 0 Å². The Morgan fingerprint density at radius 2 is 1.92 bits per heavy atom. The number of piperazine rings is 1. The number of pyridine rings is 1. The van der Waals surface area contributed by atoms with Crippen LogP contribution in [0.5, 0.6) is 0 Å². The maximum absolute atomic E-state index is 4.73. The van der Waals surface area contributed by atoms with Crippen molar-refractivity contribution in [2.45, 2.75) is 51.7 Å². The molecule has 130 valence electrons. The van der Waals surface area contributed by atoms with Gasteiger partial charge in [0.1, 0.15) is 0 Å². The first-order valence-corrected chi connectivity index (χ1v) is 8.65. The van der Waals surface area contributed by atoms with E-state index in [1.165, 1.54) is 30.5 Å². The van der Waals surface area contributed by atoms with Crippen LogP contribution in [0.2, 0.25) is 0 Å². The van der Waals surface area contributed by atoms with Crippen LogP contribution in [0.15, 0.2) is 24.4 Å². The van der Waals surface area contributed by atoms with E-state index in [9.17, 15) is 0 Å². The molecule has 24 heavy (non-hydrogen) atoms. The van der Waals surface area contributed by atoms with Crippen molar-refractivity contribution in [3.63, 3.8) is 0 Å². The quantitative estimate of drug-likeness (QED) is 0.927. The zero-order valence-corrected chi connectivity index (χ0v) is 15.2. The summed E-state index contributed by atoms with van der Waals surface area (Å²) in [5.41, 5.74) is 3.69. The molecule has 2 aromatic heterocycles. The van der Waals surface area contributed by atoms with Crippen LogP contribution in [0, 0.1) is 13.8 Å². The number of nitrogens with zero attached hydrogens (tertiary/aromatic N) is 4. The molecule has 0 spiro atoms. The minimum absolute atomic E-state index is 0. The van der Waals surface area contributed by atoms with E-state index >= 15 is 0 Å². The molecule has 1 N–H and O–H groups in total. The predicted molar refractivity (Wildman–Crippen MR) is 97.9 cm³/mol. The van der Waals surface area contributed by atoms with Crippen molar-refractivity contribution < 1.29 is 0 Å². The van der Waals surface area contributed by atoms with Crippen LogP contribution in [0.3, 0.4) is 0 Å². The molecule has 0 saturated carbocycles. The maximum atomic E-state index is 4.73. The summed E-state index contributed by atoms with van der Waals surface area (Å²) in [4.78, 5) is 7.04. The summed E-state index contributed by atoms with van der Waals surface area (Å²) in [5, 5.41) is 8.49. The van der Waals surface area contributed by atoms with Gasteiger partial charge in [-0.3, -0.25) is 4.90 Å². The van der Waals surface area contributed by atoms with Crippen molar-refractivity contribution in [1.29, 1.82) is 0 Å². The molecular weight excluding hydrogens is 322 g/mol. The van der Waals surface area contributed by atoms with E-state index < -0.39 is 0 Å². The Bertz CT molecular complexity index is 672. The molecule has 6 heteroatoms. The van der Waals surface area contributed by atoms with Crippen LogP contribution in [-0.2, 0) is 6.54 Å². The Kier molecular flexibility index (Phi) is 5.23. The molecule has 4 rings (SSSR count). The van der Waals surface area contributed by atoms with Gasteiger partial charge in [-0.2, -0.15) is 5.10 Å². The van der Waals surface area contributed by atoms with Gasteiger partial charge in [0.05, 0.1) is 5.69 Å². The first-order chi connectivity index (χ1) is 11.2. The highest BCUT2D eigenvalue weighted by atomic mass is 35.5. The SMILES string of the molecule is Cc1nn(-c2ccccn2)c(C)c1CN1CC2CCCC(C1)N2.Cl. The Labute approximate surface area is 149 Å². The van der Waals surface area contributed by atoms with Crippen LogP contribution in [0.25, 0.3) is 5.82 Å². The first kappa shape index (κ1) is 17.4. The van der Waals surface area contributed by atoms with E-state index in [1.807, 2.05) is 29.1 Å². The molecule has 0 aromatic carbocycles. The minimum atomic E-state index is 0. The zero-order valence-electron chi connectivity index (χ0n) is 14.4. The van der Waals surface area contributed by atoms with Crippen molar-refractivity contribution >= 4 is 12.4 Å². The van der Waals surface area contributed by atoms with Crippen LogP contribution in [-0.4, -0.2) is 44.8 Å². The molecule has 2 bridgehead atoms. The molecule has 5 nitrogen and oxygen atoms in total. The van der Waals surface area contributed by atoms with E-state index in [1.54, 1.807) is 0 Å². The standard InChI is InChI=1S/C18H25N5.ClH/c1-13-17(12-22-10-15-6-5-7-16(11-22)20-15)14(2)23(21-13)18-8-3-4-9-19-18;/h3-4,8-9,15-16,20H,5-7,10-12H2,1-2H3;1H. The number of halogens is 1. The molecule has 2 fully saturated rings. The Balaban J connectivity index is 0.00000169. The molecule has 2 aromatic rings. The fourth-order valence-electron chi connectivity index (χ4n) is 4.06. The smallest absolute Gasteiger partial charge is 0.153 e. The fraction of sp³-hybridized carbons (Fsp3) is 0.556. The summed E-state index contributed by atoms with van der Waals surface area (Å²) < 4.78 is 1.98. The number of hydrogen-bond acceptors (Lipinski definition) is 4. The maximum Gasteiger partial charge on any atom is 0.153 e. The summed E-state index contributed by atoms with van der Waals surface area (Å²) >= 11 is 0. The summed E-state index contributed by atoms with van der Waals surface area (Å²) in [5.74, 6) is 0.900. The Morgan fingerprint density at radius 3 is 2.58 bits per heavy atom. The van der Waals surface area contributed by atoms with Gasteiger partial charge in [-0.15, -0.1) is 12.4 Å². The lowest BCUT2D eigenvalue weighted by Gasteiger charge is -2.42. The number of hydrogen-bond donors (Lipinski definition) is 1. The van der Waals surface area contributed by atoms with Gasteiger partial charge in [0.25, 0.3) is 0 Å². The summed E-state index contributed by atoms with van der Waals surface area (Å²) in [6.07, 6.45) is 5.84. The normalized spacial score (nSPS) is 23.8. The third-order valence-corrected chi connectivity index (χ3v) is 5.22. The van der Waals surface area contributed by atoms with Crippen molar-refractivity contribution in [3.8, 4) is 5.82 Å². The van der Waals surface area contributed by atoms with Gasteiger partial charge in [0.15, 0.2) is 5.82 Å². The van der Waals surface area contributed by atoms with Crippen LogP contribution in [0.4, 0.5) is 0 Å². The number of piperidine rings is 1. The second kappa shape index (κ2) is 7.21. The molecule has 0 radical (unpaired) electrons. The average molecular weight is 348 g/mol. The van der Waals surface area contributed by atoms with Crippen LogP contribution in [0.1, 0.15) is 36.2 Å². The molecule has 2 aliphatic rings. The van der Waals surface area contributed by atoms with Crippen molar-refractivity contribution in [1.82, 2.24) is 25.0 Å². The molecule has 0 amide bonds. The second-order valence-corrected chi connectivity index (χ2v) is 6.93. The van der Waals surface area contributed by atoms with Crippen molar-refractivity contribution in [2.24, 2.45) is 0 Å². The third-order valence-electron chi connectivity index (χ3n) is 5.22. The highest BCUT2D eigenvalue weighted by Gasteiger charge is 2.30. The van der Waals surface area contributed by atoms with Crippen LogP contribution < -0.4 is 5.32 Å². The third kappa shape index (κ3) is 3.34. The summed E-state index contributed by atoms with van der Waals surface area (Å²) in [7, 11) is 0. The molecule has 0 aliphatic carbocycles. The van der Waals surface area contributed by atoms with E-state index in [0.29, 0.717) is 12.1 Å². The van der Waals surface area contributed by atoms with E-state index in [2.05, 4.69) is 29.0 Å². The number of likely N-dealkylation sites (tertiary alicyclic amines) is 1. The summed E-state index contributed by atoms with van der Waals surface area (Å²) in [6.45, 7) is 7.59. The Morgan fingerprint density at radius 1 is 1.17 bits per heavy atom. The number of aryl methyl sites for hydroxylation is 1.